The van der Waals surface area contributed by atoms with Crippen LogP contribution in [0.3, 0.4) is 0 Å². The third-order valence-corrected chi connectivity index (χ3v) is 6.27. The molecule has 1 aromatic carbocycles. The summed E-state index contributed by atoms with van der Waals surface area (Å²) in [5, 5.41) is 9.66. The third-order valence-electron chi connectivity index (χ3n) is 6.27. The van der Waals surface area contributed by atoms with E-state index in [1.54, 1.807) is 19.2 Å². The average Bonchev–Trinajstić information content (AvgIpc) is 2.80. The van der Waals surface area contributed by atoms with Crippen molar-refractivity contribution in [2.75, 3.05) is 53.0 Å². The molecule has 1 saturated carbocycles. The molecule has 0 bridgehead atoms. The van der Waals surface area contributed by atoms with Gasteiger partial charge in [-0.2, -0.15) is 0 Å². The summed E-state index contributed by atoms with van der Waals surface area (Å²) < 4.78 is 18.8. The Balaban J connectivity index is 0.00000363. The first-order valence-electron chi connectivity index (χ1n) is 11.4. The van der Waals surface area contributed by atoms with Gasteiger partial charge < -0.3 is 20.7 Å². The fourth-order valence-electron chi connectivity index (χ4n) is 4.60. The molecule has 9 heteroatoms. The minimum absolute atomic E-state index is 0. The van der Waals surface area contributed by atoms with Crippen LogP contribution in [0.15, 0.2) is 29.3 Å². The quantitative estimate of drug-likeness (QED) is 0.197. The molecule has 2 fully saturated rings. The predicted molar refractivity (Wildman–Crippen MR) is 136 cm³/mol. The van der Waals surface area contributed by atoms with Crippen LogP contribution in [-0.4, -0.2) is 75.3 Å². The molecule has 32 heavy (non-hydrogen) atoms. The van der Waals surface area contributed by atoms with Crippen molar-refractivity contribution in [1.29, 1.82) is 0 Å². The fourth-order valence-corrected chi connectivity index (χ4v) is 4.60. The van der Waals surface area contributed by atoms with Gasteiger partial charge in [0.15, 0.2) is 5.96 Å². The number of nitrogens with zero attached hydrogens (tertiary/aromatic N) is 2. The monoisotopic (exact) mass is 561 g/mol. The average molecular weight is 561 g/mol. The van der Waals surface area contributed by atoms with Crippen molar-refractivity contribution in [3.05, 3.63) is 35.6 Å². The lowest BCUT2D eigenvalue weighted by Crippen LogP contribution is -2.60. The Labute approximate surface area is 208 Å². The number of ether oxygens (including phenoxy) is 1. The summed E-state index contributed by atoms with van der Waals surface area (Å²) in [7, 11) is 1.76. The molecule has 3 rings (SSSR count). The molecule has 0 radical (unpaired) electrons. The van der Waals surface area contributed by atoms with Crippen LogP contribution in [-0.2, 0) is 16.0 Å². The van der Waals surface area contributed by atoms with E-state index in [-0.39, 0.29) is 47.7 Å². The maximum Gasteiger partial charge on any atom is 0.224 e. The van der Waals surface area contributed by atoms with Gasteiger partial charge in [-0.1, -0.05) is 31.4 Å². The minimum Gasteiger partial charge on any atom is -0.379 e. The highest BCUT2D eigenvalue weighted by Crippen LogP contribution is 2.33. The van der Waals surface area contributed by atoms with Crippen LogP contribution in [0.2, 0.25) is 0 Å². The molecule has 1 aliphatic heterocycles. The van der Waals surface area contributed by atoms with Crippen LogP contribution in [0.5, 0.6) is 0 Å². The van der Waals surface area contributed by atoms with Crippen molar-refractivity contribution < 1.29 is 13.9 Å². The molecule has 7 nitrogen and oxygen atoms in total. The molecule has 180 valence electrons. The summed E-state index contributed by atoms with van der Waals surface area (Å²) in [6, 6.07) is 6.13. The number of guanidine groups is 1. The van der Waals surface area contributed by atoms with E-state index in [1.165, 1.54) is 44.2 Å². The van der Waals surface area contributed by atoms with Crippen LogP contribution >= 0.6 is 24.0 Å². The maximum absolute atomic E-state index is 13.2. The number of carbonyl (C=O) groups is 1. The van der Waals surface area contributed by atoms with E-state index in [1.807, 2.05) is 0 Å². The van der Waals surface area contributed by atoms with E-state index in [4.69, 9.17) is 4.74 Å². The molecular formula is C23H37FIN5O2. The normalized spacial score (nSPS) is 19.0. The number of morpholine rings is 1. The van der Waals surface area contributed by atoms with Gasteiger partial charge in [0, 0.05) is 45.3 Å². The lowest BCUT2D eigenvalue weighted by Gasteiger charge is -2.48. The van der Waals surface area contributed by atoms with Gasteiger partial charge in [0.25, 0.3) is 0 Å². The molecule has 0 unspecified atom stereocenters. The smallest absolute Gasteiger partial charge is 0.224 e. The van der Waals surface area contributed by atoms with E-state index in [2.05, 4.69) is 25.8 Å². The van der Waals surface area contributed by atoms with Crippen molar-refractivity contribution in [2.45, 2.75) is 44.1 Å². The first-order chi connectivity index (χ1) is 15.1. The number of carbonyl (C=O) groups excluding carboxylic acids is 1. The highest BCUT2D eigenvalue weighted by Gasteiger charge is 2.38. The second kappa shape index (κ2) is 13.9. The van der Waals surface area contributed by atoms with Gasteiger partial charge in [-0.25, -0.2) is 4.39 Å². The van der Waals surface area contributed by atoms with Crippen molar-refractivity contribution >= 4 is 35.8 Å². The van der Waals surface area contributed by atoms with Crippen LogP contribution in [0.4, 0.5) is 4.39 Å². The van der Waals surface area contributed by atoms with E-state index in [0.29, 0.717) is 18.7 Å². The Morgan fingerprint density at radius 3 is 2.53 bits per heavy atom. The summed E-state index contributed by atoms with van der Waals surface area (Å²) in [5.41, 5.74) is 0.836. The molecular weight excluding hydrogens is 524 g/mol. The minimum atomic E-state index is -0.324. The lowest BCUT2D eigenvalue weighted by molar-refractivity contribution is -0.120. The molecule has 0 atom stereocenters. The summed E-state index contributed by atoms with van der Waals surface area (Å²) in [6.07, 6.45) is 6.42. The Kier molecular flexibility index (Phi) is 11.7. The van der Waals surface area contributed by atoms with Crippen LogP contribution in [0, 0.1) is 5.82 Å². The zero-order chi connectivity index (χ0) is 21.9. The highest BCUT2D eigenvalue weighted by atomic mass is 127. The summed E-state index contributed by atoms with van der Waals surface area (Å²) in [6.45, 7) is 5.51. The van der Waals surface area contributed by atoms with E-state index in [9.17, 15) is 9.18 Å². The predicted octanol–water partition coefficient (Wildman–Crippen LogP) is 2.30. The second-order valence-corrected chi connectivity index (χ2v) is 8.39. The second-order valence-electron chi connectivity index (χ2n) is 8.39. The SMILES string of the molecule is CN=C(NCCNC(=O)Cc1cccc(F)c1)NCC1(N2CCOCC2)CCCCC1.I. The highest BCUT2D eigenvalue weighted by molar-refractivity contribution is 14.0. The molecule has 0 aromatic heterocycles. The summed E-state index contributed by atoms with van der Waals surface area (Å²) in [5.74, 6) is 0.302. The van der Waals surface area contributed by atoms with E-state index >= 15 is 0 Å². The van der Waals surface area contributed by atoms with Crippen molar-refractivity contribution in [3.63, 3.8) is 0 Å². The van der Waals surface area contributed by atoms with Crippen molar-refractivity contribution in [2.24, 2.45) is 4.99 Å². The summed E-state index contributed by atoms with van der Waals surface area (Å²) >= 11 is 0. The number of amides is 1. The fraction of sp³-hybridized carbons (Fsp3) is 0.652. The maximum atomic E-state index is 13.2. The van der Waals surface area contributed by atoms with Gasteiger partial charge in [-0.3, -0.25) is 14.7 Å². The van der Waals surface area contributed by atoms with Gasteiger partial charge in [0.1, 0.15) is 5.82 Å². The van der Waals surface area contributed by atoms with E-state index < -0.39 is 0 Å². The molecule has 1 aliphatic carbocycles. The Hall–Kier alpha value is -1.46. The molecule has 1 amide bonds. The molecule has 1 heterocycles. The van der Waals surface area contributed by atoms with E-state index in [0.717, 1.165) is 38.8 Å². The molecule has 0 spiro atoms. The number of benzene rings is 1. The number of halogens is 2. The van der Waals surface area contributed by atoms with Gasteiger partial charge >= 0.3 is 0 Å². The van der Waals surface area contributed by atoms with Crippen LogP contribution in [0.25, 0.3) is 0 Å². The third kappa shape index (κ3) is 8.15. The van der Waals surface area contributed by atoms with Gasteiger partial charge in [-0.05, 0) is 30.5 Å². The largest absolute Gasteiger partial charge is 0.379 e. The molecule has 2 aliphatic rings. The Morgan fingerprint density at radius 2 is 1.84 bits per heavy atom. The van der Waals surface area contributed by atoms with Crippen LogP contribution < -0.4 is 16.0 Å². The van der Waals surface area contributed by atoms with Gasteiger partial charge in [0.05, 0.1) is 19.6 Å². The number of aliphatic imine (C=N–C) groups is 1. The zero-order valence-corrected chi connectivity index (χ0v) is 21.3. The molecule has 1 aromatic rings. The van der Waals surface area contributed by atoms with Crippen molar-refractivity contribution in [1.82, 2.24) is 20.9 Å². The number of nitrogens with one attached hydrogen (secondary N) is 3. The zero-order valence-electron chi connectivity index (χ0n) is 19.0. The first-order valence-corrected chi connectivity index (χ1v) is 11.4. The number of rotatable bonds is 8. The van der Waals surface area contributed by atoms with Crippen LogP contribution in [0.1, 0.15) is 37.7 Å². The Morgan fingerprint density at radius 1 is 1.12 bits per heavy atom. The first kappa shape index (κ1) is 26.8. The van der Waals surface area contributed by atoms with Gasteiger partial charge in [-0.15, -0.1) is 24.0 Å². The Bertz CT molecular complexity index is 737. The number of hydrogen-bond acceptors (Lipinski definition) is 4. The molecule has 1 saturated heterocycles. The molecule has 3 N–H and O–H groups in total. The number of hydrogen-bond donors (Lipinski definition) is 3. The van der Waals surface area contributed by atoms with Gasteiger partial charge in [0.2, 0.25) is 5.91 Å². The lowest BCUT2D eigenvalue weighted by atomic mass is 9.80. The topological polar surface area (TPSA) is 78.0 Å². The van der Waals surface area contributed by atoms with Crippen molar-refractivity contribution in [3.8, 4) is 0 Å². The standard InChI is InChI=1S/C23H36FN5O2.HI/c1-25-22(27-11-10-26-21(30)17-19-6-5-7-20(24)16-19)28-18-23(8-3-2-4-9-23)29-12-14-31-15-13-29;/h5-7,16H,2-4,8-15,17-18H2,1H3,(H,26,30)(H2,25,27,28);1H. The summed E-state index contributed by atoms with van der Waals surface area (Å²) in [4.78, 5) is 19.0.